The summed E-state index contributed by atoms with van der Waals surface area (Å²) in [6, 6.07) is 14.7. The normalized spacial score (nSPS) is 11.2. The molecule has 0 saturated heterocycles. The SMILES string of the molecule is COc1ccc(C(=O)Nc2ccc(F)c(-n3nnnc3C)c2)cc1S(=O)(=O)Nc1ccc(C)cc1. The summed E-state index contributed by atoms with van der Waals surface area (Å²) < 4.78 is 49.3. The summed E-state index contributed by atoms with van der Waals surface area (Å²) in [5, 5.41) is 13.6. The van der Waals surface area contributed by atoms with Gasteiger partial charge in [-0.2, -0.15) is 4.68 Å². The predicted octanol–water partition coefficient (Wildman–Crippen LogP) is 3.48. The van der Waals surface area contributed by atoms with Crippen LogP contribution in [0, 0.1) is 19.7 Å². The van der Waals surface area contributed by atoms with Gasteiger partial charge in [-0.3, -0.25) is 9.52 Å². The van der Waals surface area contributed by atoms with Crippen LogP contribution in [-0.2, 0) is 10.0 Å². The highest BCUT2D eigenvalue weighted by Crippen LogP contribution is 2.28. The molecule has 1 amide bonds. The topological polar surface area (TPSA) is 128 Å². The lowest BCUT2D eigenvalue weighted by atomic mass is 10.2. The molecule has 180 valence electrons. The molecule has 0 saturated carbocycles. The van der Waals surface area contributed by atoms with Crippen molar-refractivity contribution < 1.29 is 22.3 Å². The summed E-state index contributed by atoms with van der Waals surface area (Å²) in [5.74, 6) is -0.762. The van der Waals surface area contributed by atoms with Crippen molar-refractivity contribution in [2.75, 3.05) is 17.1 Å². The van der Waals surface area contributed by atoms with Crippen LogP contribution in [0.4, 0.5) is 15.8 Å². The van der Waals surface area contributed by atoms with Gasteiger partial charge in [-0.05, 0) is 72.8 Å². The molecule has 0 fully saturated rings. The average molecular weight is 497 g/mol. The molecule has 0 radical (unpaired) electrons. The Kier molecular flexibility index (Phi) is 6.47. The Hall–Kier alpha value is -4.32. The summed E-state index contributed by atoms with van der Waals surface area (Å²) in [4.78, 5) is 12.7. The van der Waals surface area contributed by atoms with Crippen molar-refractivity contribution in [2.45, 2.75) is 18.7 Å². The van der Waals surface area contributed by atoms with Crippen LogP contribution >= 0.6 is 0 Å². The Morgan fingerprint density at radius 1 is 1.00 bits per heavy atom. The molecule has 35 heavy (non-hydrogen) atoms. The van der Waals surface area contributed by atoms with Gasteiger partial charge in [0.2, 0.25) is 0 Å². The van der Waals surface area contributed by atoms with E-state index in [0.29, 0.717) is 11.5 Å². The first-order chi connectivity index (χ1) is 16.7. The van der Waals surface area contributed by atoms with E-state index in [0.717, 1.165) is 5.56 Å². The number of nitrogens with zero attached hydrogens (tertiary/aromatic N) is 4. The minimum absolute atomic E-state index is 0.0468. The maximum Gasteiger partial charge on any atom is 0.265 e. The van der Waals surface area contributed by atoms with Crippen molar-refractivity contribution in [3.05, 3.63) is 83.4 Å². The Bertz CT molecular complexity index is 1500. The fourth-order valence-electron chi connectivity index (χ4n) is 3.27. The van der Waals surface area contributed by atoms with Crippen LogP contribution in [0.15, 0.2) is 65.6 Å². The van der Waals surface area contributed by atoms with E-state index in [4.69, 9.17) is 4.74 Å². The van der Waals surface area contributed by atoms with Gasteiger partial charge in [0, 0.05) is 16.9 Å². The molecule has 2 N–H and O–H groups in total. The first-order valence-corrected chi connectivity index (χ1v) is 11.8. The number of aryl methyl sites for hydroxylation is 2. The van der Waals surface area contributed by atoms with E-state index >= 15 is 0 Å². The molecule has 0 spiro atoms. The number of carbonyl (C=O) groups excluding carboxylic acids is 1. The number of benzene rings is 3. The third-order valence-corrected chi connectivity index (χ3v) is 6.48. The maximum absolute atomic E-state index is 14.3. The van der Waals surface area contributed by atoms with Crippen molar-refractivity contribution in [3.8, 4) is 11.4 Å². The monoisotopic (exact) mass is 496 g/mol. The summed E-state index contributed by atoms with van der Waals surface area (Å²) >= 11 is 0. The predicted molar refractivity (Wildman–Crippen MR) is 127 cm³/mol. The van der Waals surface area contributed by atoms with Gasteiger partial charge in [0.05, 0.1) is 7.11 Å². The second kappa shape index (κ2) is 9.50. The number of sulfonamides is 1. The molecule has 4 rings (SSSR count). The van der Waals surface area contributed by atoms with Gasteiger partial charge in [0.1, 0.15) is 22.1 Å². The van der Waals surface area contributed by atoms with Gasteiger partial charge < -0.3 is 10.1 Å². The van der Waals surface area contributed by atoms with Crippen LogP contribution in [0.1, 0.15) is 21.7 Å². The molecule has 0 aliphatic carbocycles. The zero-order chi connectivity index (χ0) is 25.2. The molecular weight excluding hydrogens is 475 g/mol. The largest absolute Gasteiger partial charge is 0.495 e. The highest BCUT2D eigenvalue weighted by atomic mass is 32.2. The molecule has 1 heterocycles. The van der Waals surface area contributed by atoms with E-state index < -0.39 is 21.7 Å². The van der Waals surface area contributed by atoms with Crippen LogP contribution in [0.2, 0.25) is 0 Å². The van der Waals surface area contributed by atoms with Crippen molar-refractivity contribution in [3.63, 3.8) is 0 Å². The van der Waals surface area contributed by atoms with Crippen LogP contribution in [0.5, 0.6) is 5.75 Å². The number of ether oxygens (including phenoxy) is 1. The number of carbonyl (C=O) groups is 1. The highest BCUT2D eigenvalue weighted by molar-refractivity contribution is 7.92. The zero-order valence-electron chi connectivity index (χ0n) is 19.0. The third-order valence-electron chi connectivity index (χ3n) is 5.08. The number of amides is 1. The lowest BCUT2D eigenvalue weighted by Crippen LogP contribution is -2.17. The molecule has 1 aromatic heterocycles. The van der Waals surface area contributed by atoms with E-state index in [-0.39, 0.29) is 27.6 Å². The first kappa shape index (κ1) is 23.8. The standard InChI is InChI=1S/C23H21FN6O4S/c1-14-4-7-17(8-5-14)27-35(32,33)22-12-16(6-11-21(22)34-3)23(31)25-18-9-10-19(24)20(13-18)30-15(2)26-28-29-30/h4-13,27H,1-3H3,(H,25,31). The number of methoxy groups -OCH3 is 1. The summed E-state index contributed by atoms with van der Waals surface area (Å²) in [6.45, 7) is 3.49. The fraction of sp³-hybridized carbons (Fsp3) is 0.130. The highest BCUT2D eigenvalue weighted by Gasteiger charge is 2.22. The zero-order valence-corrected chi connectivity index (χ0v) is 19.8. The Balaban J connectivity index is 1.62. The second-order valence-corrected chi connectivity index (χ2v) is 9.25. The van der Waals surface area contributed by atoms with Crippen LogP contribution in [0.3, 0.4) is 0 Å². The van der Waals surface area contributed by atoms with Crippen molar-refractivity contribution >= 4 is 27.3 Å². The number of anilines is 2. The summed E-state index contributed by atoms with van der Waals surface area (Å²) in [5.41, 5.74) is 1.71. The smallest absolute Gasteiger partial charge is 0.265 e. The van der Waals surface area contributed by atoms with E-state index in [9.17, 15) is 17.6 Å². The quantitative estimate of drug-likeness (QED) is 0.401. The number of rotatable bonds is 7. The summed E-state index contributed by atoms with van der Waals surface area (Å²) in [7, 11) is -2.74. The van der Waals surface area contributed by atoms with Crippen molar-refractivity contribution in [2.24, 2.45) is 0 Å². The first-order valence-electron chi connectivity index (χ1n) is 10.3. The van der Waals surface area contributed by atoms with Gasteiger partial charge in [-0.25, -0.2) is 12.8 Å². The Morgan fingerprint density at radius 2 is 1.71 bits per heavy atom. The molecule has 10 nitrogen and oxygen atoms in total. The van der Waals surface area contributed by atoms with Gasteiger partial charge in [0.25, 0.3) is 15.9 Å². The van der Waals surface area contributed by atoms with Gasteiger partial charge >= 0.3 is 0 Å². The second-order valence-electron chi connectivity index (χ2n) is 7.60. The fourth-order valence-corrected chi connectivity index (χ4v) is 4.52. The molecule has 0 bridgehead atoms. The van der Waals surface area contributed by atoms with E-state index in [1.165, 1.54) is 48.2 Å². The summed E-state index contributed by atoms with van der Waals surface area (Å²) in [6.07, 6.45) is 0. The van der Waals surface area contributed by atoms with Gasteiger partial charge in [-0.1, -0.05) is 17.7 Å². The lowest BCUT2D eigenvalue weighted by molar-refractivity contribution is 0.102. The molecule has 0 aliphatic heterocycles. The minimum Gasteiger partial charge on any atom is -0.495 e. The molecular formula is C23H21FN6O4S. The number of halogens is 1. The van der Waals surface area contributed by atoms with Crippen LogP contribution in [-0.4, -0.2) is 41.6 Å². The molecule has 12 heteroatoms. The number of hydrogen-bond acceptors (Lipinski definition) is 7. The molecule has 0 aliphatic rings. The molecule has 3 aromatic carbocycles. The van der Waals surface area contributed by atoms with Gasteiger partial charge in [0.15, 0.2) is 5.82 Å². The van der Waals surface area contributed by atoms with E-state index in [1.807, 2.05) is 6.92 Å². The Labute approximate surface area is 200 Å². The molecule has 0 atom stereocenters. The number of aromatic nitrogens is 4. The average Bonchev–Trinajstić information content (AvgIpc) is 3.26. The number of tetrazole rings is 1. The van der Waals surface area contributed by atoms with Crippen LogP contribution in [0.25, 0.3) is 5.69 Å². The molecule has 4 aromatic rings. The third kappa shape index (κ3) is 5.11. The van der Waals surface area contributed by atoms with Crippen LogP contribution < -0.4 is 14.8 Å². The van der Waals surface area contributed by atoms with E-state index in [1.54, 1.807) is 31.2 Å². The molecule has 0 unspecified atom stereocenters. The van der Waals surface area contributed by atoms with E-state index in [2.05, 4.69) is 25.6 Å². The number of nitrogens with one attached hydrogen (secondary N) is 2. The van der Waals surface area contributed by atoms with Crippen molar-refractivity contribution in [1.29, 1.82) is 0 Å². The lowest BCUT2D eigenvalue weighted by Gasteiger charge is -2.14. The maximum atomic E-state index is 14.3. The van der Waals surface area contributed by atoms with Crippen molar-refractivity contribution in [1.82, 2.24) is 20.2 Å². The number of hydrogen-bond donors (Lipinski definition) is 2. The Morgan fingerprint density at radius 3 is 2.37 bits per heavy atom. The van der Waals surface area contributed by atoms with Gasteiger partial charge in [-0.15, -0.1) is 5.10 Å². The minimum atomic E-state index is -4.07.